The van der Waals surface area contributed by atoms with Crippen LogP contribution in [0.15, 0.2) is 22.8 Å². The molecule has 0 aromatic carbocycles. The molecule has 0 aliphatic carbocycles. The Bertz CT molecular complexity index is 865. The number of fused-ring (bicyclic) bond motifs is 1. The molecule has 0 atom stereocenters. The lowest BCUT2D eigenvalue weighted by molar-refractivity contribution is -0.906. The Hall–Kier alpha value is -2.40. The Kier molecular flexibility index (Phi) is 5.36. The van der Waals surface area contributed by atoms with Gasteiger partial charge in [0.2, 0.25) is 0 Å². The third-order valence-corrected chi connectivity index (χ3v) is 5.54. The minimum absolute atomic E-state index is 0.296. The number of nitriles is 1. The number of morpholine rings is 1. The van der Waals surface area contributed by atoms with E-state index >= 15 is 0 Å². The number of nitrogens with zero attached hydrogens (tertiary/aromatic N) is 1. The highest BCUT2D eigenvalue weighted by atomic mass is 16.5. The van der Waals surface area contributed by atoms with Gasteiger partial charge in [0.25, 0.3) is 5.82 Å². The minimum atomic E-state index is -0.296. The van der Waals surface area contributed by atoms with Crippen molar-refractivity contribution < 1.29 is 23.8 Å². The number of nitrogens with one attached hydrogen (secondary N) is 3. The summed E-state index contributed by atoms with van der Waals surface area (Å²) in [4.78, 5) is 4.94. The minimum Gasteiger partial charge on any atom is -0.461 e. The third kappa shape index (κ3) is 3.90. The maximum absolute atomic E-state index is 9.92. The van der Waals surface area contributed by atoms with Crippen LogP contribution in [0.2, 0.25) is 0 Å². The van der Waals surface area contributed by atoms with Gasteiger partial charge in [-0.15, -0.1) is 0 Å². The molecule has 4 rings (SSSR count). The summed E-state index contributed by atoms with van der Waals surface area (Å²) in [6, 6.07) is 6.22. The molecule has 3 N–H and O–H groups in total. The zero-order valence-electron chi connectivity index (χ0n) is 16.6. The number of pyridine rings is 1. The van der Waals surface area contributed by atoms with Crippen LogP contribution in [0, 0.1) is 11.3 Å². The molecule has 1 fully saturated rings. The van der Waals surface area contributed by atoms with Crippen molar-refractivity contribution in [1.82, 2.24) is 0 Å². The lowest BCUT2D eigenvalue weighted by Gasteiger charge is -2.32. The molecule has 28 heavy (non-hydrogen) atoms. The summed E-state index contributed by atoms with van der Waals surface area (Å²) in [5.41, 5.74) is 3.32. The first kappa shape index (κ1) is 18.9. The molecule has 7 heteroatoms. The van der Waals surface area contributed by atoms with Gasteiger partial charge in [-0.3, -0.25) is 5.32 Å². The Morgan fingerprint density at radius 2 is 2.11 bits per heavy atom. The summed E-state index contributed by atoms with van der Waals surface area (Å²) >= 11 is 0. The van der Waals surface area contributed by atoms with Crippen molar-refractivity contribution in [2.45, 2.75) is 32.5 Å². The van der Waals surface area contributed by atoms with Gasteiger partial charge in [0.05, 0.1) is 31.7 Å². The second-order valence-electron chi connectivity index (χ2n) is 8.06. The number of hydrogen-bond acceptors (Lipinski definition) is 5. The molecule has 2 aromatic rings. The summed E-state index contributed by atoms with van der Waals surface area (Å²) in [6.07, 6.45) is 2.35. The van der Waals surface area contributed by atoms with Crippen molar-refractivity contribution in [2.75, 3.05) is 44.7 Å². The molecule has 0 saturated carbocycles. The second kappa shape index (κ2) is 7.92. The molecule has 0 radical (unpaired) electrons. The molecule has 0 amide bonds. The molecule has 7 nitrogen and oxygen atoms in total. The average Bonchev–Trinajstić information content (AvgIpc) is 3.22. The number of furan rings is 1. The summed E-state index contributed by atoms with van der Waals surface area (Å²) in [7, 11) is 0. The van der Waals surface area contributed by atoms with Gasteiger partial charge in [-0.2, -0.15) is 5.26 Å². The van der Waals surface area contributed by atoms with Gasteiger partial charge in [-0.05, 0) is 31.5 Å². The van der Waals surface area contributed by atoms with Crippen molar-refractivity contribution in [2.24, 2.45) is 0 Å². The fourth-order valence-electron chi connectivity index (χ4n) is 3.98. The van der Waals surface area contributed by atoms with Crippen molar-refractivity contribution in [1.29, 1.82) is 5.26 Å². The largest absolute Gasteiger partial charge is 0.461 e. The van der Waals surface area contributed by atoms with E-state index in [2.05, 4.69) is 30.2 Å². The average molecular weight is 384 g/mol. The van der Waals surface area contributed by atoms with Gasteiger partial charge >= 0.3 is 0 Å². The molecule has 2 aliphatic heterocycles. The SMILES string of the molecule is CC1(C)Cc2c(C#N)c(NCC[NH+]3CCOCC3)[nH+]c(-c3ccco3)c2CO1. The number of ether oxygens (including phenoxy) is 2. The summed E-state index contributed by atoms with van der Waals surface area (Å²) < 4.78 is 17.1. The molecule has 1 saturated heterocycles. The zero-order chi connectivity index (χ0) is 19.6. The molecule has 2 aliphatic rings. The van der Waals surface area contributed by atoms with Crippen molar-refractivity contribution >= 4 is 5.82 Å². The Morgan fingerprint density at radius 3 is 2.82 bits per heavy atom. The van der Waals surface area contributed by atoms with Crippen molar-refractivity contribution in [3.8, 4) is 17.5 Å². The van der Waals surface area contributed by atoms with E-state index in [1.54, 1.807) is 6.26 Å². The van der Waals surface area contributed by atoms with Gasteiger partial charge in [-0.25, -0.2) is 4.98 Å². The monoisotopic (exact) mass is 384 g/mol. The van der Waals surface area contributed by atoms with Crippen LogP contribution in [0.4, 0.5) is 5.82 Å². The first-order valence-corrected chi connectivity index (χ1v) is 9.91. The van der Waals surface area contributed by atoms with E-state index < -0.39 is 0 Å². The first-order valence-electron chi connectivity index (χ1n) is 9.91. The Balaban J connectivity index is 1.65. The number of anilines is 1. The fraction of sp³-hybridized carbons (Fsp3) is 0.524. The van der Waals surface area contributed by atoms with Gasteiger partial charge in [0.15, 0.2) is 11.5 Å². The topological polar surface area (TPSA) is 86.0 Å². The molecule has 4 heterocycles. The van der Waals surface area contributed by atoms with Crippen LogP contribution in [-0.4, -0.2) is 45.0 Å². The van der Waals surface area contributed by atoms with E-state index in [1.807, 2.05) is 12.1 Å². The van der Waals surface area contributed by atoms with E-state index in [0.29, 0.717) is 18.6 Å². The number of rotatable bonds is 5. The van der Waals surface area contributed by atoms with Gasteiger partial charge in [0.1, 0.15) is 37.8 Å². The van der Waals surface area contributed by atoms with Gasteiger partial charge in [0, 0.05) is 12.0 Å². The number of H-pyrrole nitrogens is 1. The summed E-state index contributed by atoms with van der Waals surface area (Å²) in [5.74, 6) is 1.52. The van der Waals surface area contributed by atoms with Crippen LogP contribution in [0.5, 0.6) is 0 Å². The lowest BCUT2D eigenvalue weighted by Crippen LogP contribution is -3.14. The third-order valence-electron chi connectivity index (χ3n) is 5.54. The predicted octanol–water partition coefficient (Wildman–Crippen LogP) is 0.811. The first-order chi connectivity index (χ1) is 13.6. The number of hydrogen-bond donors (Lipinski definition) is 2. The quantitative estimate of drug-likeness (QED) is 0.797. The normalized spacial score (nSPS) is 19.0. The highest BCUT2D eigenvalue weighted by molar-refractivity contribution is 5.64. The van der Waals surface area contributed by atoms with E-state index in [9.17, 15) is 5.26 Å². The maximum atomic E-state index is 9.92. The molecule has 2 aromatic heterocycles. The van der Waals surface area contributed by atoms with Crippen molar-refractivity contribution in [3.05, 3.63) is 35.1 Å². The van der Waals surface area contributed by atoms with Crippen LogP contribution in [-0.2, 0) is 22.5 Å². The highest BCUT2D eigenvalue weighted by Gasteiger charge is 2.34. The van der Waals surface area contributed by atoms with E-state index in [4.69, 9.17) is 13.9 Å². The van der Waals surface area contributed by atoms with Crippen LogP contribution in [0.1, 0.15) is 30.5 Å². The Morgan fingerprint density at radius 1 is 1.29 bits per heavy atom. The molecular weight excluding hydrogens is 356 g/mol. The van der Waals surface area contributed by atoms with Crippen LogP contribution >= 0.6 is 0 Å². The molecule has 148 valence electrons. The van der Waals surface area contributed by atoms with Crippen LogP contribution in [0.25, 0.3) is 11.5 Å². The predicted molar refractivity (Wildman–Crippen MR) is 103 cm³/mol. The van der Waals surface area contributed by atoms with Crippen molar-refractivity contribution in [3.63, 3.8) is 0 Å². The van der Waals surface area contributed by atoms with Gasteiger partial charge in [-0.1, -0.05) is 0 Å². The van der Waals surface area contributed by atoms with E-state index in [-0.39, 0.29) is 5.60 Å². The second-order valence-corrected chi connectivity index (χ2v) is 8.06. The van der Waals surface area contributed by atoms with Crippen LogP contribution < -0.4 is 15.2 Å². The molecule has 0 spiro atoms. The summed E-state index contributed by atoms with van der Waals surface area (Å²) in [6.45, 7) is 10.1. The van der Waals surface area contributed by atoms with Gasteiger partial charge < -0.3 is 18.8 Å². The fourth-order valence-corrected chi connectivity index (χ4v) is 3.98. The number of aromatic amines is 1. The molecule has 0 unspecified atom stereocenters. The number of aromatic nitrogens is 1. The lowest BCUT2D eigenvalue weighted by atomic mass is 9.87. The standard InChI is InChI=1S/C21H26N4O3/c1-21(2)12-15-16(13-22)20(23-5-6-25-7-10-26-11-8-25)24-19(17(15)14-28-21)18-4-3-9-27-18/h3-4,9H,5-8,10-12,14H2,1-2H3,(H,23,24)/p+2. The highest BCUT2D eigenvalue weighted by Crippen LogP contribution is 2.36. The number of quaternary nitrogens is 1. The molecular formula is C21H28N4O3+2. The zero-order valence-corrected chi connectivity index (χ0v) is 16.6. The Labute approximate surface area is 165 Å². The van der Waals surface area contributed by atoms with E-state index in [0.717, 1.165) is 67.8 Å². The smallest absolute Gasteiger partial charge is 0.291 e. The summed E-state index contributed by atoms with van der Waals surface area (Å²) in [5, 5.41) is 13.4. The molecule has 0 bridgehead atoms. The van der Waals surface area contributed by atoms with E-state index in [1.165, 1.54) is 4.90 Å². The maximum Gasteiger partial charge on any atom is 0.291 e. The van der Waals surface area contributed by atoms with Crippen LogP contribution in [0.3, 0.4) is 0 Å².